The van der Waals surface area contributed by atoms with Crippen molar-refractivity contribution < 1.29 is 14.3 Å². The smallest absolute Gasteiger partial charge is 0.261 e. The van der Waals surface area contributed by atoms with Gasteiger partial charge in [0.25, 0.3) is 5.91 Å². The molecule has 6 nitrogen and oxygen atoms in total. The molecule has 2 N–H and O–H groups in total. The number of anilines is 1. The lowest BCUT2D eigenvalue weighted by molar-refractivity contribution is -0.127. The molecule has 1 aliphatic rings. The average Bonchev–Trinajstić information content (AvgIpc) is 2.68. The molecule has 2 aromatic carbocycles. The van der Waals surface area contributed by atoms with Crippen molar-refractivity contribution in [2.45, 2.75) is 19.6 Å². The summed E-state index contributed by atoms with van der Waals surface area (Å²) in [5, 5.41) is 6.30. The number of hydrogen-bond donors (Lipinski definition) is 2. The number of hydrogen-bond acceptors (Lipinski definition) is 4. The van der Waals surface area contributed by atoms with Crippen LogP contribution in [0, 0.1) is 0 Å². The molecular weight excluding hydrogens is 366 g/mol. The molecule has 0 saturated carbocycles. The van der Waals surface area contributed by atoms with Gasteiger partial charge in [0.15, 0.2) is 6.10 Å². The average molecular weight is 388 g/mol. The van der Waals surface area contributed by atoms with Gasteiger partial charge in [-0.3, -0.25) is 9.59 Å². The molecule has 3 rings (SSSR count). The Morgan fingerprint density at radius 3 is 2.59 bits per heavy atom. The first-order valence-electron chi connectivity index (χ1n) is 8.82. The van der Waals surface area contributed by atoms with E-state index in [1.165, 1.54) is 0 Å². The summed E-state index contributed by atoms with van der Waals surface area (Å²) in [5.74, 6) is 0.436. The number of amides is 2. The van der Waals surface area contributed by atoms with E-state index < -0.39 is 6.10 Å². The normalized spacial score (nSPS) is 15.0. The van der Waals surface area contributed by atoms with Gasteiger partial charge in [-0.25, -0.2) is 0 Å². The Kier molecular flexibility index (Phi) is 6.19. The van der Waals surface area contributed by atoms with E-state index in [4.69, 9.17) is 16.3 Å². The Labute approximate surface area is 163 Å². The van der Waals surface area contributed by atoms with E-state index in [9.17, 15) is 9.59 Å². The van der Waals surface area contributed by atoms with Gasteiger partial charge in [-0.2, -0.15) is 0 Å². The van der Waals surface area contributed by atoms with Crippen LogP contribution in [-0.2, 0) is 16.1 Å². The first kappa shape index (κ1) is 19.0. The third kappa shape index (κ3) is 5.37. The van der Waals surface area contributed by atoms with Crippen LogP contribution >= 0.6 is 11.6 Å². The summed E-state index contributed by atoms with van der Waals surface area (Å²) < 4.78 is 5.61. The molecule has 0 bridgehead atoms. The van der Waals surface area contributed by atoms with Crippen LogP contribution in [0.5, 0.6) is 5.75 Å². The van der Waals surface area contributed by atoms with Gasteiger partial charge in [-0.05, 0) is 48.9 Å². The summed E-state index contributed by atoms with van der Waals surface area (Å²) in [6.07, 6.45) is -0.614. The number of carbonyl (C=O) groups excluding carboxylic acids is 2. The maximum atomic E-state index is 12.2. The minimum Gasteiger partial charge on any atom is -0.481 e. The molecule has 0 spiro atoms. The van der Waals surface area contributed by atoms with Gasteiger partial charge in [-0.1, -0.05) is 23.7 Å². The number of carbonyl (C=O) groups is 2. The van der Waals surface area contributed by atoms with Crippen molar-refractivity contribution >= 4 is 29.1 Å². The summed E-state index contributed by atoms with van der Waals surface area (Å²) in [6, 6.07) is 14.7. The molecule has 0 radical (unpaired) electrons. The van der Waals surface area contributed by atoms with Crippen LogP contribution in [0.4, 0.5) is 5.69 Å². The number of benzene rings is 2. The highest BCUT2D eigenvalue weighted by molar-refractivity contribution is 6.30. The summed E-state index contributed by atoms with van der Waals surface area (Å²) in [5.41, 5.74) is 1.98. The van der Waals surface area contributed by atoms with Gasteiger partial charge in [0.05, 0.1) is 6.54 Å². The van der Waals surface area contributed by atoms with Crippen molar-refractivity contribution in [3.05, 3.63) is 59.1 Å². The van der Waals surface area contributed by atoms with Gasteiger partial charge in [0, 0.05) is 30.3 Å². The van der Waals surface area contributed by atoms with Gasteiger partial charge >= 0.3 is 0 Å². The number of piperazine rings is 1. The van der Waals surface area contributed by atoms with Crippen molar-refractivity contribution in [1.82, 2.24) is 10.6 Å². The standard InChI is InChI=1S/C20H22ClN3O3/c1-14(27-18-8-4-16(21)5-9-18)20(26)23-12-15-2-6-17(7-3-15)24-11-10-22-19(25)13-24/h2-9,14H,10-13H2,1H3,(H,22,25)(H,23,26). The fraction of sp³-hybridized carbons (Fsp3) is 0.300. The second kappa shape index (κ2) is 8.77. The second-order valence-corrected chi connectivity index (χ2v) is 6.81. The van der Waals surface area contributed by atoms with E-state index in [0.717, 1.165) is 17.8 Å². The monoisotopic (exact) mass is 387 g/mol. The van der Waals surface area contributed by atoms with Crippen molar-refractivity contribution in [3.63, 3.8) is 0 Å². The zero-order valence-corrected chi connectivity index (χ0v) is 15.8. The van der Waals surface area contributed by atoms with Crippen LogP contribution in [0.15, 0.2) is 48.5 Å². The highest BCUT2D eigenvalue weighted by Gasteiger charge is 2.17. The van der Waals surface area contributed by atoms with E-state index in [1.807, 2.05) is 29.2 Å². The van der Waals surface area contributed by atoms with Crippen LogP contribution < -0.4 is 20.3 Å². The second-order valence-electron chi connectivity index (χ2n) is 6.37. The predicted octanol–water partition coefficient (Wildman–Crippen LogP) is 2.36. The van der Waals surface area contributed by atoms with E-state index in [0.29, 0.717) is 30.4 Å². The number of nitrogens with zero attached hydrogens (tertiary/aromatic N) is 1. The fourth-order valence-electron chi connectivity index (χ4n) is 2.79. The first-order valence-corrected chi connectivity index (χ1v) is 9.19. The van der Waals surface area contributed by atoms with Crippen LogP contribution in [0.3, 0.4) is 0 Å². The molecular formula is C20H22ClN3O3. The molecule has 1 heterocycles. The van der Waals surface area contributed by atoms with Crippen LogP contribution in [-0.4, -0.2) is 37.6 Å². The molecule has 0 aliphatic carbocycles. The van der Waals surface area contributed by atoms with E-state index in [1.54, 1.807) is 31.2 Å². The quantitative estimate of drug-likeness (QED) is 0.798. The van der Waals surface area contributed by atoms with Crippen molar-refractivity contribution in [2.24, 2.45) is 0 Å². The number of ether oxygens (including phenoxy) is 1. The topological polar surface area (TPSA) is 70.7 Å². The SMILES string of the molecule is CC(Oc1ccc(Cl)cc1)C(=O)NCc1ccc(N2CCNC(=O)C2)cc1. The van der Waals surface area contributed by atoms with Crippen molar-refractivity contribution in [3.8, 4) is 5.75 Å². The highest BCUT2D eigenvalue weighted by atomic mass is 35.5. The largest absolute Gasteiger partial charge is 0.481 e. The van der Waals surface area contributed by atoms with Crippen LogP contribution in [0.25, 0.3) is 0 Å². The maximum Gasteiger partial charge on any atom is 0.261 e. The molecule has 1 aliphatic heterocycles. The third-order valence-corrected chi connectivity index (χ3v) is 4.55. The molecule has 2 amide bonds. The van der Waals surface area contributed by atoms with Gasteiger partial charge < -0.3 is 20.3 Å². The highest BCUT2D eigenvalue weighted by Crippen LogP contribution is 2.18. The molecule has 1 unspecified atom stereocenters. The lowest BCUT2D eigenvalue weighted by Gasteiger charge is -2.28. The Morgan fingerprint density at radius 2 is 1.93 bits per heavy atom. The minimum absolute atomic E-state index is 0.0345. The molecule has 1 atom stereocenters. The molecule has 142 valence electrons. The molecule has 2 aromatic rings. The number of halogens is 1. The Bertz CT molecular complexity index is 793. The van der Waals surface area contributed by atoms with E-state index >= 15 is 0 Å². The Hall–Kier alpha value is -2.73. The summed E-state index contributed by atoms with van der Waals surface area (Å²) >= 11 is 5.84. The van der Waals surface area contributed by atoms with Gasteiger partial charge in [0.1, 0.15) is 5.75 Å². The lowest BCUT2D eigenvalue weighted by Crippen LogP contribution is -2.47. The van der Waals surface area contributed by atoms with E-state index in [2.05, 4.69) is 10.6 Å². The zero-order valence-electron chi connectivity index (χ0n) is 15.1. The Balaban J connectivity index is 1.49. The predicted molar refractivity (Wildman–Crippen MR) is 105 cm³/mol. The van der Waals surface area contributed by atoms with Crippen LogP contribution in [0.1, 0.15) is 12.5 Å². The summed E-state index contributed by atoms with van der Waals surface area (Å²) in [6.45, 7) is 3.93. The van der Waals surface area contributed by atoms with E-state index in [-0.39, 0.29) is 11.8 Å². The number of nitrogens with one attached hydrogen (secondary N) is 2. The third-order valence-electron chi connectivity index (χ3n) is 4.30. The maximum absolute atomic E-state index is 12.2. The minimum atomic E-state index is -0.614. The molecule has 27 heavy (non-hydrogen) atoms. The lowest BCUT2D eigenvalue weighted by atomic mass is 10.1. The van der Waals surface area contributed by atoms with Crippen molar-refractivity contribution in [2.75, 3.05) is 24.5 Å². The van der Waals surface area contributed by atoms with Crippen LogP contribution in [0.2, 0.25) is 5.02 Å². The first-order chi connectivity index (χ1) is 13.0. The summed E-state index contributed by atoms with van der Waals surface area (Å²) in [4.78, 5) is 25.7. The summed E-state index contributed by atoms with van der Waals surface area (Å²) in [7, 11) is 0. The van der Waals surface area contributed by atoms with Crippen molar-refractivity contribution in [1.29, 1.82) is 0 Å². The molecule has 1 saturated heterocycles. The molecule has 7 heteroatoms. The number of rotatable bonds is 6. The fourth-order valence-corrected chi connectivity index (χ4v) is 2.91. The molecule has 1 fully saturated rings. The molecule has 0 aromatic heterocycles. The van der Waals surface area contributed by atoms with Gasteiger partial charge in [-0.15, -0.1) is 0 Å². The zero-order chi connectivity index (χ0) is 19.2. The Morgan fingerprint density at radius 1 is 1.22 bits per heavy atom. The van der Waals surface area contributed by atoms with Gasteiger partial charge in [0.2, 0.25) is 5.91 Å².